The van der Waals surface area contributed by atoms with E-state index in [0.29, 0.717) is 12.3 Å². The first-order valence-electron chi connectivity index (χ1n) is 5.62. The van der Waals surface area contributed by atoms with Crippen LogP contribution in [0.4, 0.5) is 4.79 Å². The number of fused-ring (bicyclic) bond motifs is 1. The van der Waals surface area contributed by atoms with Crippen molar-refractivity contribution < 1.29 is 14.4 Å². The van der Waals surface area contributed by atoms with Crippen molar-refractivity contribution in [2.45, 2.75) is 39.0 Å². The van der Waals surface area contributed by atoms with Crippen molar-refractivity contribution >= 4 is 11.8 Å². The van der Waals surface area contributed by atoms with Gasteiger partial charge in [0.1, 0.15) is 11.3 Å². The molecule has 0 spiro atoms. The van der Waals surface area contributed by atoms with Gasteiger partial charge in [-0.3, -0.25) is 4.90 Å². The molecular formula is C12H16N2O3. The Bertz CT molecular complexity index is 403. The van der Waals surface area contributed by atoms with Crippen LogP contribution in [0, 0.1) is 18.3 Å². The lowest BCUT2D eigenvalue weighted by atomic mass is 10.0. The lowest BCUT2D eigenvalue weighted by Crippen LogP contribution is -2.41. The summed E-state index contributed by atoms with van der Waals surface area (Å²) in [6, 6.07) is 0. The van der Waals surface area contributed by atoms with Crippen molar-refractivity contribution in [3.8, 4) is 12.3 Å². The highest BCUT2D eigenvalue weighted by Gasteiger charge is 2.46. The van der Waals surface area contributed by atoms with Crippen LogP contribution in [-0.2, 0) is 9.57 Å². The minimum absolute atomic E-state index is 0.0209. The van der Waals surface area contributed by atoms with E-state index in [1.165, 1.54) is 0 Å². The number of carbonyl (C=O) groups excluding carboxylic acids is 1. The van der Waals surface area contributed by atoms with Crippen molar-refractivity contribution in [2.24, 2.45) is 11.1 Å². The van der Waals surface area contributed by atoms with E-state index in [1.807, 2.05) is 20.8 Å². The number of amides is 1. The SMILES string of the molecule is C#CC1=NOC2C1CCN2C(=O)OC(C)(C)C. The predicted molar refractivity (Wildman–Crippen MR) is 62.2 cm³/mol. The van der Waals surface area contributed by atoms with E-state index in [4.69, 9.17) is 16.0 Å². The van der Waals surface area contributed by atoms with Gasteiger partial charge in [0.05, 0.1) is 5.92 Å². The zero-order valence-corrected chi connectivity index (χ0v) is 10.3. The van der Waals surface area contributed by atoms with Crippen molar-refractivity contribution in [1.82, 2.24) is 4.90 Å². The maximum absolute atomic E-state index is 11.9. The minimum Gasteiger partial charge on any atom is -0.444 e. The summed E-state index contributed by atoms with van der Waals surface area (Å²) in [4.78, 5) is 18.7. The average molecular weight is 236 g/mol. The van der Waals surface area contributed by atoms with Gasteiger partial charge in [0.2, 0.25) is 6.23 Å². The van der Waals surface area contributed by atoms with Crippen molar-refractivity contribution in [3.05, 3.63) is 0 Å². The molecule has 1 saturated heterocycles. The van der Waals surface area contributed by atoms with Gasteiger partial charge in [-0.25, -0.2) is 4.79 Å². The molecule has 2 aliphatic rings. The quantitative estimate of drug-likeness (QED) is 0.600. The molecule has 2 rings (SSSR count). The van der Waals surface area contributed by atoms with Gasteiger partial charge in [0, 0.05) is 6.54 Å². The number of oxime groups is 1. The lowest BCUT2D eigenvalue weighted by Gasteiger charge is -2.26. The molecule has 2 heterocycles. The zero-order chi connectivity index (χ0) is 12.6. The molecule has 2 aliphatic heterocycles. The van der Waals surface area contributed by atoms with E-state index in [9.17, 15) is 4.79 Å². The van der Waals surface area contributed by atoms with Crippen LogP contribution in [0.1, 0.15) is 27.2 Å². The fraction of sp³-hybridized carbons (Fsp3) is 0.667. The Kier molecular flexibility index (Phi) is 2.74. The second kappa shape index (κ2) is 3.95. The third kappa shape index (κ3) is 2.21. The highest BCUT2D eigenvalue weighted by molar-refractivity contribution is 6.02. The molecule has 5 nitrogen and oxygen atoms in total. The van der Waals surface area contributed by atoms with Crippen molar-refractivity contribution in [2.75, 3.05) is 6.54 Å². The molecular weight excluding hydrogens is 220 g/mol. The topological polar surface area (TPSA) is 51.1 Å². The molecule has 5 heteroatoms. The largest absolute Gasteiger partial charge is 0.444 e. The Morgan fingerprint density at radius 2 is 2.35 bits per heavy atom. The number of carbonyl (C=O) groups is 1. The summed E-state index contributed by atoms with van der Waals surface area (Å²) in [5.74, 6) is 2.51. The molecule has 0 aromatic heterocycles. The maximum Gasteiger partial charge on any atom is 0.413 e. The lowest BCUT2D eigenvalue weighted by molar-refractivity contribution is -0.0437. The first-order chi connectivity index (χ1) is 7.92. The normalized spacial score (nSPS) is 26.9. The summed E-state index contributed by atoms with van der Waals surface area (Å²) in [5, 5.41) is 3.80. The van der Waals surface area contributed by atoms with Gasteiger partial charge in [-0.2, -0.15) is 0 Å². The van der Waals surface area contributed by atoms with Gasteiger partial charge >= 0.3 is 6.09 Å². The van der Waals surface area contributed by atoms with E-state index < -0.39 is 11.8 Å². The average Bonchev–Trinajstić information content (AvgIpc) is 2.73. The van der Waals surface area contributed by atoms with E-state index in [-0.39, 0.29) is 12.0 Å². The Labute approximate surface area is 101 Å². The molecule has 17 heavy (non-hydrogen) atoms. The van der Waals surface area contributed by atoms with E-state index in [0.717, 1.165) is 6.42 Å². The second-order valence-corrected chi connectivity index (χ2v) is 5.19. The number of nitrogens with zero attached hydrogens (tertiary/aromatic N) is 2. The number of terminal acetylenes is 1. The van der Waals surface area contributed by atoms with Crippen LogP contribution in [0.2, 0.25) is 0 Å². The molecule has 0 aromatic carbocycles. The van der Waals surface area contributed by atoms with Gasteiger partial charge in [-0.05, 0) is 27.2 Å². The third-order valence-corrected chi connectivity index (χ3v) is 2.72. The van der Waals surface area contributed by atoms with Crippen LogP contribution in [0.5, 0.6) is 0 Å². The summed E-state index contributed by atoms with van der Waals surface area (Å²) < 4.78 is 5.30. The van der Waals surface area contributed by atoms with Crippen LogP contribution in [0.3, 0.4) is 0 Å². The smallest absolute Gasteiger partial charge is 0.413 e. The molecule has 2 atom stereocenters. The standard InChI is InChI=1S/C12H16N2O3/c1-5-9-8-6-7-14(10(8)17-13-9)11(15)16-12(2,3)4/h1,8,10H,6-7H2,2-4H3. The predicted octanol–water partition coefficient (Wildman–Crippen LogP) is 1.59. The Morgan fingerprint density at radius 3 is 2.94 bits per heavy atom. The van der Waals surface area contributed by atoms with Crippen molar-refractivity contribution in [1.29, 1.82) is 0 Å². The molecule has 1 amide bonds. The highest BCUT2D eigenvalue weighted by Crippen LogP contribution is 2.32. The first-order valence-corrected chi connectivity index (χ1v) is 5.62. The molecule has 0 aromatic rings. The first kappa shape index (κ1) is 11.8. The van der Waals surface area contributed by atoms with Crippen LogP contribution in [-0.4, -0.2) is 35.1 Å². The summed E-state index contributed by atoms with van der Waals surface area (Å²) >= 11 is 0. The van der Waals surface area contributed by atoms with Crippen LogP contribution in [0.25, 0.3) is 0 Å². The molecule has 92 valence electrons. The monoisotopic (exact) mass is 236 g/mol. The van der Waals surface area contributed by atoms with Gasteiger partial charge in [0.15, 0.2) is 0 Å². The van der Waals surface area contributed by atoms with E-state index in [2.05, 4.69) is 11.1 Å². The third-order valence-electron chi connectivity index (χ3n) is 2.72. The number of hydrogen-bond acceptors (Lipinski definition) is 4. The molecule has 2 unspecified atom stereocenters. The van der Waals surface area contributed by atoms with Gasteiger partial charge in [-0.15, -0.1) is 6.42 Å². The zero-order valence-electron chi connectivity index (χ0n) is 10.3. The number of rotatable bonds is 0. The van der Waals surface area contributed by atoms with Crippen LogP contribution in [0.15, 0.2) is 5.16 Å². The van der Waals surface area contributed by atoms with E-state index in [1.54, 1.807) is 4.90 Å². The summed E-state index contributed by atoms with van der Waals surface area (Å²) in [6.45, 7) is 6.08. The van der Waals surface area contributed by atoms with Crippen molar-refractivity contribution in [3.63, 3.8) is 0 Å². The Hall–Kier alpha value is -1.70. The van der Waals surface area contributed by atoms with Gasteiger partial charge in [-0.1, -0.05) is 11.1 Å². The fourth-order valence-corrected chi connectivity index (χ4v) is 1.99. The minimum atomic E-state index is -0.510. The summed E-state index contributed by atoms with van der Waals surface area (Å²) in [5.41, 5.74) is 0.0740. The summed E-state index contributed by atoms with van der Waals surface area (Å²) in [7, 11) is 0. The molecule has 1 fully saturated rings. The summed E-state index contributed by atoms with van der Waals surface area (Å²) in [6.07, 6.45) is 5.32. The van der Waals surface area contributed by atoms with Gasteiger partial charge < -0.3 is 9.57 Å². The number of ether oxygens (including phenoxy) is 1. The molecule has 0 N–H and O–H groups in total. The van der Waals surface area contributed by atoms with Gasteiger partial charge in [0.25, 0.3) is 0 Å². The molecule has 0 radical (unpaired) electrons. The fourth-order valence-electron chi connectivity index (χ4n) is 1.99. The van der Waals surface area contributed by atoms with E-state index >= 15 is 0 Å². The van der Waals surface area contributed by atoms with Crippen LogP contribution >= 0.6 is 0 Å². The second-order valence-electron chi connectivity index (χ2n) is 5.19. The molecule has 0 saturated carbocycles. The maximum atomic E-state index is 11.9. The highest BCUT2D eigenvalue weighted by atomic mass is 16.7. The Morgan fingerprint density at radius 1 is 1.65 bits per heavy atom. The molecule has 0 bridgehead atoms. The molecule has 0 aliphatic carbocycles. The Balaban J connectivity index is 2.03. The number of hydrogen-bond donors (Lipinski definition) is 0. The van der Waals surface area contributed by atoms with Crippen LogP contribution < -0.4 is 0 Å². The number of likely N-dealkylation sites (tertiary alicyclic amines) is 1.